The number of carbonyl (C=O) groups is 1. The number of anilines is 2. The highest BCUT2D eigenvalue weighted by Crippen LogP contribution is 2.28. The van der Waals surface area contributed by atoms with E-state index in [9.17, 15) is 14.3 Å². The molecule has 0 saturated heterocycles. The van der Waals surface area contributed by atoms with Crippen molar-refractivity contribution < 1.29 is 18.7 Å². The lowest BCUT2D eigenvalue weighted by Gasteiger charge is -2.07. The van der Waals surface area contributed by atoms with Crippen molar-refractivity contribution in [1.82, 2.24) is 4.98 Å². The molecule has 2 aromatic carbocycles. The third-order valence-corrected chi connectivity index (χ3v) is 3.30. The Balaban J connectivity index is 1.88. The fourth-order valence-electron chi connectivity index (χ4n) is 2.02. The van der Waals surface area contributed by atoms with E-state index in [1.165, 1.54) is 18.2 Å². The number of hydrogen-bond acceptors (Lipinski definition) is 5. The Bertz CT molecular complexity index is 863. The van der Waals surface area contributed by atoms with Gasteiger partial charge in [-0.2, -0.15) is 4.98 Å². The van der Waals surface area contributed by atoms with Gasteiger partial charge >= 0.3 is 0 Å². The molecule has 0 bridgehead atoms. The first kappa shape index (κ1) is 14.3. The molecule has 3 aromatic rings. The standard InChI is InChI=1S/C15H10ClFN2O3/c16-9-6-8(7-13(20)21)4-5-11(9)18-15-19-12-3-1-2-10(17)14(12)22-15/h1-6H,7H2,(H,18,19)(H,20,21)/p-1. The van der Waals surface area contributed by atoms with Crippen LogP contribution in [0.3, 0.4) is 0 Å². The topological polar surface area (TPSA) is 78.2 Å². The van der Waals surface area contributed by atoms with Gasteiger partial charge in [0.25, 0.3) is 6.01 Å². The summed E-state index contributed by atoms with van der Waals surface area (Å²) in [4.78, 5) is 14.7. The molecule has 0 saturated carbocycles. The summed E-state index contributed by atoms with van der Waals surface area (Å²) in [5.41, 5.74) is 1.41. The highest BCUT2D eigenvalue weighted by molar-refractivity contribution is 6.33. The molecule has 112 valence electrons. The van der Waals surface area contributed by atoms with Crippen LogP contribution in [0.5, 0.6) is 0 Å². The van der Waals surface area contributed by atoms with E-state index in [1.54, 1.807) is 18.2 Å². The van der Waals surface area contributed by atoms with Crippen LogP contribution < -0.4 is 10.4 Å². The van der Waals surface area contributed by atoms with Gasteiger partial charge in [-0.15, -0.1) is 0 Å². The number of hydrogen-bond donors (Lipinski definition) is 1. The molecule has 0 aliphatic rings. The van der Waals surface area contributed by atoms with E-state index in [1.807, 2.05) is 0 Å². The number of oxazole rings is 1. The molecule has 1 aromatic heterocycles. The van der Waals surface area contributed by atoms with Gasteiger partial charge in [0.05, 0.1) is 10.7 Å². The van der Waals surface area contributed by atoms with E-state index in [-0.39, 0.29) is 18.0 Å². The lowest BCUT2D eigenvalue weighted by Crippen LogP contribution is -2.24. The van der Waals surface area contributed by atoms with Gasteiger partial charge in [0, 0.05) is 12.4 Å². The number of halogens is 2. The van der Waals surface area contributed by atoms with Gasteiger partial charge in [0.15, 0.2) is 11.4 Å². The van der Waals surface area contributed by atoms with Crippen molar-refractivity contribution in [3.63, 3.8) is 0 Å². The summed E-state index contributed by atoms with van der Waals surface area (Å²) < 4.78 is 18.8. The van der Waals surface area contributed by atoms with Crippen molar-refractivity contribution in [3.8, 4) is 0 Å². The van der Waals surface area contributed by atoms with Crippen LogP contribution in [-0.2, 0) is 11.2 Å². The van der Waals surface area contributed by atoms with E-state index in [4.69, 9.17) is 16.0 Å². The molecule has 0 aliphatic carbocycles. The molecule has 3 rings (SSSR count). The van der Waals surface area contributed by atoms with Crippen molar-refractivity contribution in [2.24, 2.45) is 0 Å². The van der Waals surface area contributed by atoms with Gasteiger partial charge in [0.1, 0.15) is 5.52 Å². The number of nitrogens with zero attached hydrogens (tertiary/aromatic N) is 1. The Hall–Kier alpha value is -2.60. The molecule has 5 nitrogen and oxygen atoms in total. The van der Waals surface area contributed by atoms with Gasteiger partial charge in [-0.3, -0.25) is 0 Å². The summed E-state index contributed by atoms with van der Waals surface area (Å²) in [6.07, 6.45) is -0.228. The number of fused-ring (bicyclic) bond motifs is 1. The van der Waals surface area contributed by atoms with Crippen LogP contribution in [0.1, 0.15) is 5.56 Å². The second kappa shape index (κ2) is 5.65. The van der Waals surface area contributed by atoms with Crippen LogP contribution in [0, 0.1) is 5.82 Å². The fourth-order valence-corrected chi connectivity index (χ4v) is 2.27. The minimum absolute atomic E-state index is 0.0506. The molecule has 0 aliphatic heterocycles. The summed E-state index contributed by atoms with van der Waals surface area (Å²) in [5, 5.41) is 13.7. The summed E-state index contributed by atoms with van der Waals surface area (Å²) in [6, 6.07) is 9.21. The number of aliphatic carboxylic acids is 1. The van der Waals surface area contributed by atoms with Crippen LogP contribution in [-0.4, -0.2) is 11.0 Å². The first-order chi connectivity index (χ1) is 10.5. The Morgan fingerprint density at radius 3 is 2.86 bits per heavy atom. The SMILES string of the molecule is O=C([O-])Cc1ccc(Nc2nc3cccc(F)c3o2)c(Cl)c1. The number of aromatic nitrogens is 1. The summed E-state index contributed by atoms with van der Waals surface area (Å²) in [7, 11) is 0. The van der Waals surface area contributed by atoms with Gasteiger partial charge in [-0.25, -0.2) is 4.39 Å². The van der Waals surface area contributed by atoms with Crippen molar-refractivity contribution >= 4 is 40.4 Å². The lowest BCUT2D eigenvalue weighted by atomic mass is 10.1. The quantitative estimate of drug-likeness (QED) is 0.800. The average molecular weight is 320 g/mol. The Morgan fingerprint density at radius 1 is 1.36 bits per heavy atom. The van der Waals surface area contributed by atoms with E-state index in [0.29, 0.717) is 21.8 Å². The van der Waals surface area contributed by atoms with E-state index in [2.05, 4.69) is 10.3 Å². The fraction of sp³-hybridized carbons (Fsp3) is 0.0667. The predicted octanol–water partition coefficient (Wildman–Crippen LogP) is 2.66. The van der Waals surface area contributed by atoms with Gasteiger partial charge in [0.2, 0.25) is 0 Å². The van der Waals surface area contributed by atoms with Crippen LogP contribution in [0.15, 0.2) is 40.8 Å². The smallest absolute Gasteiger partial charge is 0.300 e. The van der Waals surface area contributed by atoms with Crippen LogP contribution >= 0.6 is 11.6 Å². The molecular formula is C15H9ClFN2O3-. The second-order valence-electron chi connectivity index (χ2n) is 4.60. The molecule has 0 radical (unpaired) electrons. The number of rotatable bonds is 4. The zero-order valence-electron chi connectivity index (χ0n) is 11.1. The van der Waals surface area contributed by atoms with Gasteiger partial charge < -0.3 is 19.6 Å². The number of carboxylic acid groups (broad SMARTS) is 1. The molecule has 7 heteroatoms. The van der Waals surface area contributed by atoms with Crippen molar-refractivity contribution in [1.29, 1.82) is 0 Å². The summed E-state index contributed by atoms with van der Waals surface area (Å²) in [5.74, 6) is -1.69. The van der Waals surface area contributed by atoms with Crippen LogP contribution in [0.25, 0.3) is 11.1 Å². The maximum absolute atomic E-state index is 13.5. The summed E-state index contributed by atoms with van der Waals surface area (Å²) in [6.45, 7) is 0. The zero-order valence-corrected chi connectivity index (χ0v) is 11.9. The van der Waals surface area contributed by atoms with Crippen molar-refractivity contribution in [2.75, 3.05) is 5.32 Å². The Labute approximate surface area is 129 Å². The summed E-state index contributed by atoms with van der Waals surface area (Å²) >= 11 is 6.07. The Morgan fingerprint density at radius 2 is 2.18 bits per heavy atom. The maximum atomic E-state index is 13.5. The van der Waals surface area contributed by atoms with E-state index < -0.39 is 11.8 Å². The van der Waals surface area contributed by atoms with Crippen molar-refractivity contribution in [3.05, 3.63) is 52.8 Å². The number of carboxylic acids is 1. The van der Waals surface area contributed by atoms with E-state index >= 15 is 0 Å². The molecule has 0 amide bonds. The number of nitrogens with one attached hydrogen (secondary N) is 1. The lowest BCUT2D eigenvalue weighted by molar-refractivity contribution is -0.304. The van der Waals surface area contributed by atoms with E-state index in [0.717, 1.165) is 0 Å². The first-order valence-electron chi connectivity index (χ1n) is 6.33. The maximum Gasteiger partial charge on any atom is 0.300 e. The highest BCUT2D eigenvalue weighted by atomic mass is 35.5. The molecular weight excluding hydrogens is 311 g/mol. The van der Waals surface area contributed by atoms with Crippen molar-refractivity contribution in [2.45, 2.75) is 6.42 Å². The van der Waals surface area contributed by atoms with Gasteiger partial charge in [-0.05, 0) is 29.8 Å². The molecule has 0 unspecified atom stereocenters. The molecule has 0 atom stereocenters. The zero-order chi connectivity index (χ0) is 15.7. The third kappa shape index (κ3) is 2.87. The monoisotopic (exact) mass is 319 g/mol. The second-order valence-corrected chi connectivity index (χ2v) is 5.00. The predicted molar refractivity (Wildman–Crippen MR) is 77.4 cm³/mol. The number of para-hydroxylation sites is 1. The highest BCUT2D eigenvalue weighted by Gasteiger charge is 2.11. The molecule has 0 fully saturated rings. The molecule has 0 spiro atoms. The first-order valence-corrected chi connectivity index (χ1v) is 6.71. The van der Waals surface area contributed by atoms with Gasteiger partial charge in [-0.1, -0.05) is 23.7 Å². The van der Waals surface area contributed by atoms with Crippen LogP contribution in [0.4, 0.5) is 16.1 Å². The third-order valence-electron chi connectivity index (χ3n) is 2.99. The average Bonchev–Trinajstić information content (AvgIpc) is 2.85. The molecule has 1 heterocycles. The minimum Gasteiger partial charge on any atom is -0.550 e. The normalized spacial score (nSPS) is 10.8. The number of carbonyl (C=O) groups excluding carboxylic acids is 1. The Kier molecular flexibility index (Phi) is 3.68. The molecule has 22 heavy (non-hydrogen) atoms. The van der Waals surface area contributed by atoms with Crippen LogP contribution in [0.2, 0.25) is 5.02 Å². The molecule has 1 N–H and O–H groups in total. The minimum atomic E-state index is -1.19. The number of benzene rings is 2. The largest absolute Gasteiger partial charge is 0.550 e.